The van der Waals surface area contributed by atoms with E-state index in [0.717, 1.165) is 19.1 Å². The lowest BCUT2D eigenvalue weighted by Crippen LogP contribution is -2.44. The first-order chi connectivity index (χ1) is 6.75. The van der Waals surface area contributed by atoms with Crippen molar-refractivity contribution in [2.75, 3.05) is 31.6 Å². The highest BCUT2D eigenvalue weighted by Crippen LogP contribution is 2.22. The maximum Gasteiger partial charge on any atom is 0.0194 e. The molecule has 0 spiro atoms. The second kappa shape index (κ2) is 6.70. The smallest absolute Gasteiger partial charge is 0.0194 e. The number of thioether (sulfide) groups is 1. The highest BCUT2D eigenvalue weighted by atomic mass is 32.2. The van der Waals surface area contributed by atoms with Gasteiger partial charge in [0, 0.05) is 24.4 Å². The van der Waals surface area contributed by atoms with Crippen LogP contribution in [0.15, 0.2) is 0 Å². The summed E-state index contributed by atoms with van der Waals surface area (Å²) in [5.41, 5.74) is 0. The molecular weight excluding hydrogens is 192 g/mol. The zero-order valence-electron chi connectivity index (χ0n) is 9.75. The second-order valence-corrected chi connectivity index (χ2v) is 5.39. The number of hydrogen-bond acceptors (Lipinski definition) is 3. The van der Waals surface area contributed by atoms with Crippen LogP contribution in [0, 0.1) is 0 Å². The Hall–Kier alpha value is 0.270. The molecule has 0 radical (unpaired) electrons. The Balaban J connectivity index is 2.17. The Kier molecular flexibility index (Phi) is 5.90. The number of rotatable bonds is 6. The predicted molar refractivity (Wildman–Crippen MR) is 66.1 cm³/mol. The first-order valence-corrected chi connectivity index (χ1v) is 6.91. The number of likely N-dealkylation sites (N-methyl/N-ethyl adjacent to an activating group) is 1. The van der Waals surface area contributed by atoms with Crippen LogP contribution in [0.3, 0.4) is 0 Å². The van der Waals surface area contributed by atoms with Crippen LogP contribution in [-0.4, -0.2) is 48.6 Å². The van der Waals surface area contributed by atoms with Crippen LogP contribution >= 0.6 is 11.8 Å². The minimum absolute atomic E-state index is 0.672. The fourth-order valence-corrected chi connectivity index (χ4v) is 3.11. The summed E-state index contributed by atoms with van der Waals surface area (Å²) in [4.78, 5) is 2.54. The molecule has 3 heteroatoms. The van der Waals surface area contributed by atoms with E-state index in [1.165, 1.54) is 24.3 Å². The molecule has 0 aromatic heterocycles. The molecule has 0 aromatic rings. The van der Waals surface area contributed by atoms with Crippen LogP contribution in [-0.2, 0) is 0 Å². The van der Waals surface area contributed by atoms with Gasteiger partial charge in [-0.25, -0.2) is 0 Å². The molecule has 14 heavy (non-hydrogen) atoms. The molecule has 1 aliphatic heterocycles. The average molecular weight is 216 g/mol. The standard InChI is InChI=1S/C11H24N2S/c1-4-6-12-8-10(2)13(3)11-5-7-14-9-11/h10-12H,4-9H2,1-3H3. The molecule has 1 saturated heterocycles. The third-order valence-corrected chi connectivity index (χ3v) is 4.19. The van der Waals surface area contributed by atoms with Gasteiger partial charge in [-0.05, 0) is 39.1 Å². The summed E-state index contributed by atoms with van der Waals surface area (Å²) in [6, 6.07) is 1.49. The Bertz CT molecular complexity index is 146. The number of nitrogens with zero attached hydrogens (tertiary/aromatic N) is 1. The molecule has 2 unspecified atom stereocenters. The first-order valence-electron chi connectivity index (χ1n) is 5.76. The van der Waals surface area contributed by atoms with E-state index in [1.54, 1.807) is 0 Å². The molecule has 1 heterocycles. The summed E-state index contributed by atoms with van der Waals surface area (Å²) in [5.74, 6) is 2.68. The van der Waals surface area contributed by atoms with Gasteiger partial charge in [0.25, 0.3) is 0 Å². The van der Waals surface area contributed by atoms with E-state index < -0.39 is 0 Å². The maximum atomic E-state index is 3.49. The van der Waals surface area contributed by atoms with Crippen molar-refractivity contribution in [2.24, 2.45) is 0 Å². The Morgan fingerprint density at radius 3 is 2.93 bits per heavy atom. The van der Waals surface area contributed by atoms with Crippen LogP contribution in [0.2, 0.25) is 0 Å². The third kappa shape index (κ3) is 3.79. The third-order valence-electron chi connectivity index (χ3n) is 3.04. The van der Waals surface area contributed by atoms with Gasteiger partial charge in [0.05, 0.1) is 0 Å². The van der Waals surface area contributed by atoms with Gasteiger partial charge >= 0.3 is 0 Å². The summed E-state index contributed by atoms with van der Waals surface area (Å²) in [6.45, 7) is 6.82. The van der Waals surface area contributed by atoms with E-state index in [0.29, 0.717) is 6.04 Å². The van der Waals surface area contributed by atoms with E-state index >= 15 is 0 Å². The minimum Gasteiger partial charge on any atom is -0.315 e. The largest absolute Gasteiger partial charge is 0.315 e. The van der Waals surface area contributed by atoms with Crippen molar-refractivity contribution in [1.29, 1.82) is 0 Å². The van der Waals surface area contributed by atoms with E-state index in [1.807, 2.05) is 0 Å². The van der Waals surface area contributed by atoms with Gasteiger partial charge in [-0.2, -0.15) is 11.8 Å². The molecule has 2 nitrogen and oxygen atoms in total. The molecule has 1 fully saturated rings. The van der Waals surface area contributed by atoms with Crippen molar-refractivity contribution < 1.29 is 0 Å². The molecule has 0 bridgehead atoms. The van der Waals surface area contributed by atoms with Crippen molar-refractivity contribution in [1.82, 2.24) is 10.2 Å². The Morgan fingerprint density at radius 2 is 2.36 bits per heavy atom. The van der Waals surface area contributed by atoms with Gasteiger partial charge in [-0.3, -0.25) is 4.90 Å². The monoisotopic (exact) mass is 216 g/mol. The van der Waals surface area contributed by atoms with Crippen LogP contribution in [0.5, 0.6) is 0 Å². The highest BCUT2D eigenvalue weighted by Gasteiger charge is 2.22. The van der Waals surface area contributed by atoms with Crippen molar-refractivity contribution in [2.45, 2.75) is 38.8 Å². The fraction of sp³-hybridized carbons (Fsp3) is 1.00. The summed E-state index contributed by atoms with van der Waals surface area (Å²) in [7, 11) is 2.27. The van der Waals surface area contributed by atoms with E-state index in [-0.39, 0.29) is 0 Å². The highest BCUT2D eigenvalue weighted by molar-refractivity contribution is 7.99. The zero-order chi connectivity index (χ0) is 10.4. The van der Waals surface area contributed by atoms with Crippen molar-refractivity contribution in [3.8, 4) is 0 Å². The van der Waals surface area contributed by atoms with Crippen molar-refractivity contribution >= 4 is 11.8 Å². The Morgan fingerprint density at radius 1 is 1.57 bits per heavy atom. The van der Waals surface area contributed by atoms with Gasteiger partial charge in [-0.1, -0.05) is 6.92 Å². The lowest BCUT2D eigenvalue weighted by atomic mass is 10.2. The topological polar surface area (TPSA) is 15.3 Å². The van der Waals surface area contributed by atoms with Gasteiger partial charge < -0.3 is 5.32 Å². The average Bonchev–Trinajstić information content (AvgIpc) is 2.69. The van der Waals surface area contributed by atoms with Crippen LogP contribution in [0.1, 0.15) is 26.7 Å². The molecule has 1 rings (SSSR count). The summed E-state index contributed by atoms with van der Waals surface area (Å²) in [6.07, 6.45) is 2.61. The van der Waals surface area contributed by atoms with Crippen molar-refractivity contribution in [3.05, 3.63) is 0 Å². The summed E-state index contributed by atoms with van der Waals surface area (Å²) in [5, 5.41) is 3.49. The molecule has 84 valence electrons. The Labute approximate surface area is 92.8 Å². The maximum absolute atomic E-state index is 3.49. The van der Waals surface area contributed by atoms with E-state index in [2.05, 4.69) is 42.9 Å². The zero-order valence-corrected chi connectivity index (χ0v) is 10.6. The molecule has 0 aromatic carbocycles. The van der Waals surface area contributed by atoms with E-state index in [9.17, 15) is 0 Å². The van der Waals surface area contributed by atoms with Gasteiger partial charge in [0.15, 0.2) is 0 Å². The molecule has 1 aliphatic rings. The number of nitrogens with one attached hydrogen (secondary N) is 1. The van der Waals surface area contributed by atoms with Crippen molar-refractivity contribution in [3.63, 3.8) is 0 Å². The normalized spacial score (nSPS) is 24.4. The second-order valence-electron chi connectivity index (χ2n) is 4.24. The molecular formula is C11H24N2S. The molecule has 1 N–H and O–H groups in total. The minimum atomic E-state index is 0.672. The van der Waals surface area contributed by atoms with Gasteiger partial charge in [0.1, 0.15) is 0 Å². The fourth-order valence-electron chi connectivity index (χ4n) is 1.83. The quantitative estimate of drug-likeness (QED) is 0.682. The summed E-state index contributed by atoms with van der Waals surface area (Å²) >= 11 is 2.09. The lowest BCUT2D eigenvalue weighted by Gasteiger charge is -2.30. The molecule has 0 amide bonds. The molecule has 0 aliphatic carbocycles. The summed E-state index contributed by atoms with van der Waals surface area (Å²) < 4.78 is 0. The van der Waals surface area contributed by atoms with E-state index in [4.69, 9.17) is 0 Å². The SMILES string of the molecule is CCCNCC(C)N(C)C1CCSC1. The lowest BCUT2D eigenvalue weighted by molar-refractivity contribution is 0.196. The first kappa shape index (κ1) is 12.3. The van der Waals surface area contributed by atoms with Gasteiger partial charge in [0.2, 0.25) is 0 Å². The molecule has 0 saturated carbocycles. The van der Waals surface area contributed by atoms with Crippen LogP contribution in [0.4, 0.5) is 0 Å². The predicted octanol–water partition coefficient (Wildman–Crippen LogP) is 1.81. The molecule has 2 atom stereocenters. The van der Waals surface area contributed by atoms with Crippen LogP contribution in [0.25, 0.3) is 0 Å². The number of hydrogen-bond donors (Lipinski definition) is 1. The van der Waals surface area contributed by atoms with Crippen LogP contribution < -0.4 is 5.32 Å². The van der Waals surface area contributed by atoms with Gasteiger partial charge in [-0.15, -0.1) is 0 Å².